The number of nitrogens with one attached hydrogen (secondary N) is 2. The van der Waals surface area contributed by atoms with Crippen molar-refractivity contribution in [1.82, 2.24) is 19.7 Å². The molecule has 4 atom stereocenters. The van der Waals surface area contributed by atoms with Crippen molar-refractivity contribution in [2.24, 2.45) is 0 Å². The van der Waals surface area contributed by atoms with Crippen molar-refractivity contribution < 1.29 is 18.7 Å². The number of ether oxygens (including phenoxy) is 1. The van der Waals surface area contributed by atoms with Crippen molar-refractivity contribution in [3.05, 3.63) is 92.9 Å². The number of carbonyl (C=O) groups excluding carboxylic acids is 2. The molecule has 3 aliphatic rings. The maximum atomic E-state index is 15.6. The number of imidazole rings is 1. The molecule has 3 aromatic heterocycles. The molecule has 194 valence electrons. The van der Waals surface area contributed by atoms with Gasteiger partial charge >= 0.3 is 5.97 Å². The zero-order valence-corrected chi connectivity index (χ0v) is 20.8. The van der Waals surface area contributed by atoms with Gasteiger partial charge in [0.2, 0.25) is 5.91 Å². The molecule has 0 bridgehead atoms. The largest absolute Gasteiger partial charge is 0.465 e. The molecule has 7 rings (SSSR count). The third-order valence-electron chi connectivity index (χ3n) is 7.80. The maximum absolute atomic E-state index is 15.6. The highest BCUT2D eigenvalue weighted by Crippen LogP contribution is 2.60. The van der Waals surface area contributed by atoms with Crippen molar-refractivity contribution in [2.75, 3.05) is 12.4 Å². The minimum atomic E-state index is -1.27. The van der Waals surface area contributed by atoms with Gasteiger partial charge in [-0.2, -0.15) is 0 Å². The molecule has 1 amide bonds. The molecule has 0 saturated carbocycles. The lowest BCUT2D eigenvalue weighted by Crippen LogP contribution is -2.49. The Morgan fingerprint density at radius 3 is 2.84 bits per heavy atom. The van der Waals surface area contributed by atoms with Crippen LogP contribution in [0, 0.1) is 5.82 Å². The summed E-state index contributed by atoms with van der Waals surface area (Å²) in [5, 5.41) is 6.73. The Bertz CT molecular complexity index is 1670. The van der Waals surface area contributed by atoms with Crippen LogP contribution in [0.3, 0.4) is 0 Å². The third kappa shape index (κ3) is 3.12. The first kappa shape index (κ1) is 24.8. The number of esters is 1. The fourth-order valence-electron chi connectivity index (χ4n) is 6.39. The fourth-order valence-corrected chi connectivity index (χ4v) is 6.73. The van der Waals surface area contributed by atoms with Gasteiger partial charge in [-0.1, -0.05) is 36.7 Å². The number of fused-ring (bicyclic) bond motifs is 7. The first-order chi connectivity index (χ1) is 17.8. The number of hydrogen-bond acceptors (Lipinski definition) is 6. The Balaban J connectivity index is 0.00000264. The number of aromatic nitrogens is 3. The van der Waals surface area contributed by atoms with Crippen LogP contribution in [0.25, 0.3) is 5.65 Å². The van der Waals surface area contributed by atoms with Gasteiger partial charge < -0.3 is 14.5 Å². The van der Waals surface area contributed by atoms with Crippen LogP contribution in [-0.2, 0) is 21.5 Å². The van der Waals surface area contributed by atoms with E-state index in [9.17, 15) is 9.59 Å². The highest BCUT2D eigenvalue weighted by atomic mass is 35.5. The van der Waals surface area contributed by atoms with Gasteiger partial charge in [0.1, 0.15) is 11.2 Å². The van der Waals surface area contributed by atoms with Gasteiger partial charge in [-0.05, 0) is 35.9 Å². The summed E-state index contributed by atoms with van der Waals surface area (Å²) in [5.41, 5.74) is 2.89. The second kappa shape index (κ2) is 8.49. The van der Waals surface area contributed by atoms with Crippen LogP contribution in [-0.4, -0.2) is 39.4 Å². The van der Waals surface area contributed by atoms with E-state index in [1.807, 2.05) is 4.40 Å². The number of carbonyl (C=O) groups is 2. The number of nitrogens with zero attached hydrogens (tertiary/aromatic N) is 3. The molecule has 0 radical (unpaired) electrons. The molecule has 2 aliphatic heterocycles. The summed E-state index contributed by atoms with van der Waals surface area (Å²) in [5.74, 6) is -2.48. The number of halogens is 3. The van der Waals surface area contributed by atoms with Gasteiger partial charge in [-0.25, -0.2) is 19.2 Å². The molecule has 1 aliphatic carbocycles. The smallest absolute Gasteiger partial charge is 0.338 e. The Kier molecular flexibility index (Phi) is 5.54. The average molecular weight is 554 g/mol. The molecule has 5 heterocycles. The lowest BCUT2D eigenvalue weighted by molar-refractivity contribution is -0.122. The van der Waals surface area contributed by atoms with E-state index in [4.69, 9.17) is 32.9 Å². The molecule has 0 unspecified atom stereocenters. The van der Waals surface area contributed by atoms with Crippen molar-refractivity contribution in [1.29, 1.82) is 0 Å². The Morgan fingerprint density at radius 1 is 1.24 bits per heavy atom. The number of rotatable bonds is 2. The molecular weight excluding hydrogens is 532 g/mol. The van der Waals surface area contributed by atoms with Gasteiger partial charge in [0, 0.05) is 58.7 Å². The summed E-state index contributed by atoms with van der Waals surface area (Å²) >= 11 is 12.3. The first-order valence-corrected chi connectivity index (χ1v) is 12.4. The second-order valence-corrected chi connectivity index (χ2v) is 10.3. The lowest BCUT2D eigenvalue weighted by atomic mass is 9.71. The van der Waals surface area contributed by atoms with E-state index >= 15 is 4.39 Å². The Labute approximate surface area is 227 Å². The van der Waals surface area contributed by atoms with Crippen LogP contribution in [0.2, 0.25) is 10.2 Å². The number of methoxy groups -OCH3 is 1. The number of benzene rings is 1. The van der Waals surface area contributed by atoms with Gasteiger partial charge in [-0.15, -0.1) is 0 Å². The Hall–Kier alpha value is -3.53. The Morgan fingerprint density at radius 2 is 2.05 bits per heavy atom. The van der Waals surface area contributed by atoms with E-state index in [0.717, 1.165) is 11.4 Å². The molecular formula is C27H22Cl2FN5O3. The minimum Gasteiger partial charge on any atom is -0.465 e. The monoisotopic (exact) mass is 553 g/mol. The normalized spacial score (nSPS) is 24.6. The van der Waals surface area contributed by atoms with Crippen LogP contribution >= 0.6 is 23.2 Å². The molecule has 1 spiro atoms. The summed E-state index contributed by atoms with van der Waals surface area (Å²) in [6, 6.07) is 9.90. The molecule has 1 saturated heterocycles. The van der Waals surface area contributed by atoms with Crippen LogP contribution in [0.5, 0.6) is 0 Å². The highest BCUT2D eigenvalue weighted by Gasteiger charge is 2.65. The van der Waals surface area contributed by atoms with E-state index < -0.39 is 23.2 Å². The van der Waals surface area contributed by atoms with Gasteiger partial charge in [0.25, 0.3) is 0 Å². The van der Waals surface area contributed by atoms with Gasteiger partial charge in [0.05, 0.1) is 18.4 Å². The van der Waals surface area contributed by atoms with Crippen LogP contribution in [0.4, 0.5) is 10.1 Å². The quantitative estimate of drug-likeness (QED) is 0.272. The summed E-state index contributed by atoms with van der Waals surface area (Å²) in [7, 11) is 1.32. The van der Waals surface area contributed by atoms with Crippen LogP contribution in [0.1, 0.15) is 52.1 Å². The van der Waals surface area contributed by atoms with E-state index in [1.54, 1.807) is 42.6 Å². The zero-order chi connectivity index (χ0) is 25.6. The van der Waals surface area contributed by atoms with E-state index in [-0.39, 0.29) is 36.0 Å². The summed E-state index contributed by atoms with van der Waals surface area (Å²) < 4.78 is 22.4. The van der Waals surface area contributed by atoms with Gasteiger partial charge in [-0.3, -0.25) is 10.1 Å². The predicted octanol–water partition coefficient (Wildman–Crippen LogP) is 4.84. The lowest BCUT2D eigenvalue weighted by Gasteiger charge is -2.32. The maximum Gasteiger partial charge on any atom is 0.338 e. The zero-order valence-electron chi connectivity index (χ0n) is 19.3. The molecule has 1 fully saturated rings. The molecule has 2 N–H and O–H groups in total. The molecule has 11 heteroatoms. The van der Waals surface area contributed by atoms with E-state index in [1.165, 1.54) is 13.3 Å². The van der Waals surface area contributed by atoms with Crippen LogP contribution in [0.15, 0.2) is 48.8 Å². The number of hydrogen-bond donors (Lipinski definition) is 2. The highest BCUT2D eigenvalue weighted by molar-refractivity contribution is 6.31. The number of anilines is 1. The summed E-state index contributed by atoms with van der Waals surface area (Å²) in [4.78, 5) is 34.6. The molecule has 38 heavy (non-hydrogen) atoms. The van der Waals surface area contributed by atoms with Crippen LogP contribution < -0.4 is 10.6 Å². The fraction of sp³-hybridized carbons (Fsp3) is 0.259. The molecule has 4 aromatic rings. The molecule has 1 aromatic carbocycles. The standard InChI is InChI=1S/C26H18Cl2FN5O3.CH4/c1-37-24(35)11-5-7-34-17-10-16-19(22(17)32-18(34)8-11)20(13-4-6-30-23(28)21(13)29)26(33-16)14-3-2-12(27)9-15(14)31-25(26)36;/h2-9,16,19-20,33H,10H2,1H3,(H,31,36);1H4/t16-,19+,20-,26+;/m0./s1. The summed E-state index contributed by atoms with van der Waals surface area (Å²) in [6.07, 6.45) is 3.77. The second-order valence-electron chi connectivity index (χ2n) is 9.49. The van der Waals surface area contributed by atoms with E-state index in [0.29, 0.717) is 33.9 Å². The van der Waals surface area contributed by atoms with Crippen molar-refractivity contribution in [3.8, 4) is 0 Å². The number of pyridine rings is 2. The first-order valence-electron chi connectivity index (χ1n) is 11.6. The van der Waals surface area contributed by atoms with Crippen molar-refractivity contribution in [2.45, 2.75) is 37.3 Å². The molecule has 8 nitrogen and oxygen atoms in total. The minimum absolute atomic E-state index is 0. The van der Waals surface area contributed by atoms with Crippen molar-refractivity contribution >= 4 is 46.4 Å². The summed E-state index contributed by atoms with van der Waals surface area (Å²) in [6.45, 7) is 0. The van der Waals surface area contributed by atoms with Gasteiger partial charge in [0.15, 0.2) is 11.0 Å². The average Bonchev–Trinajstić information content (AvgIpc) is 3.58. The SMILES string of the molecule is C.COC(=O)c1ccn2c3c(nc2c1)[C@@H]1[C@H](C3)N[C@@]2(C(=O)Nc3cc(Cl)ccc32)[C@H]1c1ccnc(Cl)c1F. The van der Waals surface area contributed by atoms with E-state index in [2.05, 4.69) is 15.6 Å². The number of amides is 1. The third-order valence-corrected chi connectivity index (χ3v) is 8.30. The topological polar surface area (TPSA) is 97.6 Å². The predicted molar refractivity (Wildman–Crippen MR) is 140 cm³/mol. The van der Waals surface area contributed by atoms with Crippen molar-refractivity contribution in [3.63, 3.8) is 0 Å².